The molecule has 3 N–H and O–H groups in total. The number of halogens is 2. The summed E-state index contributed by atoms with van der Waals surface area (Å²) in [6, 6.07) is 17.9. The molecule has 0 aliphatic carbocycles. The van der Waals surface area contributed by atoms with Gasteiger partial charge in [-0.2, -0.15) is 4.31 Å². The summed E-state index contributed by atoms with van der Waals surface area (Å²) in [6.45, 7) is -0.520. The molecule has 0 atom stereocenters. The Morgan fingerprint density at radius 1 is 0.879 bits per heavy atom. The van der Waals surface area contributed by atoms with Crippen LogP contribution < -0.4 is 10.5 Å². The number of primary sulfonamides is 1. The monoisotopic (exact) mass is 571 g/mol. The van der Waals surface area contributed by atoms with Crippen LogP contribution in [0.25, 0.3) is 0 Å². The largest absolute Gasteiger partial charge is 0.325 e. The maximum atomic E-state index is 13.3. The molecule has 0 aliphatic rings. The van der Waals surface area contributed by atoms with Gasteiger partial charge in [0.25, 0.3) is 0 Å². The van der Waals surface area contributed by atoms with Crippen LogP contribution in [0.4, 0.5) is 5.69 Å². The van der Waals surface area contributed by atoms with Gasteiger partial charge in [-0.25, -0.2) is 22.0 Å². The molecule has 3 aromatic carbocycles. The summed E-state index contributed by atoms with van der Waals surface area (Å²) in [5.41, 5.74) is 0.973. The lowest BCUT2D eigenvalue weighted by Gasteiger charge is -2.22. The maximum absolute atomic E-state index is 13.3. The number of anilines is 1. The van der Waals surface area contributed by atoms with Crippen LogP contribution in [0.5, 0.6) is 0 Å². The first-order valence-electron chi connectivity index (χ1n) is 9.38. The summed E-state index contributed by atoms with van der Waals surface area (Å²) in [4.78, 5) is 12.6. The molecular weight excluding hydrogens is 554 g/mol. The molecule has 0 radical (unpaired) electrons. The van der Waals surface area contributed by atoms with E-state index in [9.17, 15) is 21.6 Å². The first-order valence-corrected chi connectivity index (χ1v) is 13.5. The highest BCUT2D eigenvalue weighted by molar-refractivity contribution is 9.10. The fraction of sp³-hybridized carbons (Fsp3) is 0.0952. The summed E-state index contributed by atoms with van der Waals surface area (Å²) in [7, 11) is -7.90. The summed E-state index contributed by atoms with van der Waals surface area (Å²) in [5.74, 6) is -0.604. The Morgan fingerprint density at radius 3 is 1.97 bits per heavy atom. The van der Waals surface area contributed by atoms with Crippen molar-refractivity contribution in [2.24, 2.45) is 5.14 Å². The quantitative estimate of drug-likeness (QED) is 0.427. The zero-order chi connectivity index (χ0) is 24.2. The molecule has 174 valence electrons. The van der Waals surface area contributed by atoms with E-state index in [1.165, 1.54) is 48.5 Å². The molecule has 1 amide bonds. The average molecular weight is 573 g/mol. The van der Waals surface area contributed by atoms with Crippen molar-refractivity contribution < 1.29 is 21.6 Å². The van der Waals surface area contributed by atoms with E-state index in [0.29, 0.717) is 16.3 Å². The zero-order valence-electron chi connectivity index (χ0n) is 17.0. The van der Waals surface area contributed by atoms with Gasteiger partial charge in [0.1, 0.15) is 0 Å². The van der Waals surface area contributed by atoms with Gasteiger partial charge >= 0.3 is 0 Å². The molecule has 33 heavy (non-hydrogen) atoms. The van der Waals surface area contributed by atoms with Crippen LogP contribution in [0, 0.1) is 0 Å². The number of amides is 1. The van der Waals surface area contributed by atoms with E-state index in [0.717, 1.165) is 8.78 Å². The van der Waals surface area contributed by atoms with E-state index in [-0.39, 0.29) is 16.3 Å². The topological polar surface area (TPSA) is 127 Å². The number of sulfonamides is 2. The Kier molecular flexibility index (Phi) is 7.93. The number of carbonyl (C=O) groups is 1. The molecule has 0 bridgehead atoms. The number of nitrogens with zero attached hydrogens (tertiary/aromatic N) is 1. The second-order valence-corrected chi connectivity index (χ2v) is 11.8. The van der Waals surface area contributed by atoms with E-state index in [1.807, 2.05) is 0 Å². The van der Waals surface area contributed by atoms with Crippen LogP contribution in [0.15, 0.2) is 87.1 Å². The molecule has 0 saturated heterocycles. The zero-order valence-corrected chi connectivity index (χ0v) is 21.0. The standard InChI is InChI=1S/C21H19BrClN3O5S2/c22-16-3-1-15(2-4-16)13-26(33(30,31)20-9-5-17(23)6-10-20)14-21(27)25-18-7-11-19(12-8-18)32(24,28)29/h1-12H,13-14H2,(H,25,27)(H2,24,28,29). The highest BCUT2D eigenvalue weighted by Crippen LogP contribution is 2.22. The smallest absolute Gasteiger partial charge is 0.243 e. The molecular formula is C21H19BrClN3O5S2. The van der Waals surface area contributed by atoms with E-state index < -0.39 is 32.5 Å². The van der Waals surface area contributed by atoms with Crippen LogP contribution in [-0.4, -0.2) is 33.6 Å². The molecule has 0 spiro atoms. The minimum atomic E-state index is -4.03. The Bertz CT molecular complexity index is 1350. The first kappa shape index (κ1) is 25.3. The van der Waals surface area contributed by atoms with E-state index >= 15 is 0 Å². The van der Waals surface area contributed by atoms with Gasteiger partial charge in [0.2, 0.25) is 26.0 Å². The predicted octanol–water partition coefficient (Wildman–Crippen LogP) is 3.58. The van der Waals surface area contributed by atoms with Gasteiger partial charge in [0.05, 0.1) is 16.3 Å². The summed E-state index contributed by atoms with van der Waals surface area (Å²) >= 11 is 9.21. The van der Waals surface area contributed by atoms with Crippen LogP contribution >= 0.6 is 27.5 Å². The Morgan fingerprint density at radius 2 is 1.42 bits per heavy atom. The predicted molar refractivity (Wildman–Crippen MR) is 130 cm³/mol. The lowest BCUT2D eigenvalue weighted by molar-refractivity contribution is -0.116. The third kappa shape index (κ3) is 6.85. The van der Waals surface area contributed by atoms with E-state index in [2.05, 4.69) is 21.2 Å². The molecule has 0 heterocycles. The molecule has 12 heteroatoms. The number of carbonyl (C=O) groups excluding carboxylic acids is 1. The Balaban J connectivity index is 1.84. The van der Waals surface area contributed by atoms with Gasteiger partial charge in [0.15, 0.2) is 0 Å². The van der Waals surface area contributed by atoms with Gasteiger partial charge in [-0.1, -0.05) is 39.7 Å². The van der Waals surface area contributed by atoms with Crippen LogP contribution in [-0.2, 0) is 31.4 Å². The second-order valence-electron chi connectivity index (χ2n) is 6.97. The van der Waals surface area contributed by atoms with Gasteiger partial charge in [-0.3, -0.25) is 4.79 Å². The maximum Gasteiger partial charge on any atom is 0.243 e. The SMILES string of the molecule is NS(=O)(=O)c1ccc(NC(=O)CN(Cc2ccc(Br)cc2)S(=O)(=O)c2ccc(Cl)cc2)cc1. The number of nitrogens with two attached hydrogens (primary N) is 1. The normalized spacial score (nSPS) is 12.0. The minimum Gasteiger partial charge on any atom is -0.325 e. The van der Waals surface area contributed by atoms with Crippen molar-refractivity contribution in [3.8, 4) is 0 Å². The number of nitrogens with one attached hydrogen (secondary N) is 1. The average Bonchev–Trinajstić information content (AvgIpc) is 2.75. The van der Waals surface area contributed by atoms with Gasteiger partial charge < -0.3 is 5.32 Å². The lowest BCUT2D eigenvalue weighted by Crippen LogP contribution is -2.37. The lowest BCUT2D eigenvalue weighted by atomic mass is 10.2. The van der Waals surface area contributed by atoms with E-state index in [4.69, 9.17) is 16.7 Å². The first-order chi connectivity index (χ1) is 15.4. The van der Waals surface area contributed by atoms with E-state index in [1.54, 1.807) is 24.3 Å². The molecule has 0 aliphatic heterocycles. The van der Waals surface area contributed by atoms with Gasteiger partial charge in [0, 0.05) is 21.7 Å². The fourth-order valence-electron chi connectivity index (χ4n) is 2.86. The van der Waals surface area contributed by atoms with Crippen molar-refractivity contribution in [2.45, 2.75) is 16.3 Å². The van der Waals surface area contributed by atoms with Crippen molar-refractivity contribution in [3.63, 3.8) is 0 Å². The number of rotatable bonds is 8. The third-order valence-corrected chi connectivity index (χ3v) is 8.03. The van der Waals surface area contributed by atoms with Crippen molar-refractivity contribution in [2.75, 3.05) is 11.9 Å². The fourth-order valence-corrected chi connectivity index (χ4v) is 5.15. The summed E-state index contributed by atoms with van der Waals surface area (Å²) in [5, 5.41) is 8.02. The van der Waals surface area contributed by atoms with Crippen molar-refractivity contribution in [3.05, 3.63) is 87.9 Å². The van der Waals surface area contributed by atoms with Gasteiger partial charge in [-0.05, 0) is 66.2 Å². The van der Waals surface area contributed by atoms with Gasteiger partial charge in [-0.15, -0.1) is 0 Å². The Hall–Kier alpha value is -2.28. The van der Waals surface area contributed by atoms with Crippen LogP contribution in [0.3, 0.4) is 0 Å². The summed E-state index contributed by atoms with van der Waals surface area (Å²) < 4.78 is 51.2. The number of hydrogen-bond donors (Lipinski definition) is 2. The molecule has 0 saturated carbocycles. The molecule has 0 fully saturated rings. The van der Waals surface area contributed by atoms with Crippen molar-refractivity contribution in [1.82, 2.24) is 4.31 Å². The Labute approximate surface area is 205 Å². The minimum absolute atomic E-state index is 0.00526. The highest BCUT2D eigenvalue weighted by atomic mass is 79.9. The van der Waals surface area contributed by atoms with Crippen molar-refractivity contribution >= 4 is 59.2 Å². The number of benzene rings is 3. The molecule has 0 unspecified atom stereocenters. The molecule has 8 nitrogen and oxygen atoms in total. The molecule has 3 aromatic rings. The highest BCUT2D eigenvalue weighted by Gasteiger charge is 2.27. The van der Waals surface area contributed by atoms with Crippen molar-refractivity contribution in [1.29, 1.82) is 0 Å². The second kappa shape index (κ2) is 10.3. The van der Waals surface area contributed by atoms with Crippen LogP contribution in [0.1, 0.15) is 5.56 Å². The molecule has 0 aromatic heterocycles. The number of hydrogen-bond acceptors (Lipinski definition) is 5. The van der Waals surface area contributed by atoms with Crippen LogP contribution in [0.2, 0.25) is 5.02 Å². The third-order valence-electron chi connectivity index (χ3n) is 4.51. The molecule has 3 rings (SSSR count). The summed E-state index contributed by atoms with van der Waals surface area (Å²) in [6.07, 6.45) is 0.